The van der Waals surface area contributed by atoms with Crippen LogP contribution in [-0.2, 0) is 0 Å². The van der Waals surface area contributed by atoms with Gasteiger partial charge in [0, 0.05) is 0 Å². The second-order valence-electron chi connectivity index (χ2n) is 2.11. The van der Waals surface area contributed by atoms with Crippen LogP contribution < -0.4 is 0 Å². The van der Waals surface area contributed by atoms with Gasteiger partial charge in [0.2, 0.25) is 0 Å². The fraction of sp³-hybridized carbons (Fsp3) is 0.444. The Morgan fingerprint density at radius 3 is 2.67 bits per heavy atom. The van der Waals surface area contributed by atoms with E-state index in [4.69, 9.17) is 0 Å². The summed E-state index contributed by atoms with van der Waals surface area (Å²) < 4.78 is 0. The molecule has 0 aromatic heterocycles. The van der Waals surface area contributed by atoms with Crippen molar-refractivity contribution >= 4 is 0 Å². The Labute approximate surface area is 58.3 Å². The van der Waals surface area contributed by atoms with Gasteiger partial charge in [0.25, 0.3) is 0 Å². The highest BCUT2D eigenvalue weighted by molar-refractivity contribution is 4.96. The lowest BCUT2D eigenvalue weighted by molar-refractivity contribution is 0.915. The first-order valence-electron chi connectivity index (χ1n) is 3.42. The number of hydrogen-bond acceptors (Lipinski definition) is 0. The molecule has 0 N–H and O–H groups in total. The summed E-state index contributed by atoms with van der Waals surface area (Å²) in [5.41, 5.74) is 1.33. The van der Waals surface area contributed by atoms with Gasteiger partial charge in [-0.2, -0.15) is 0 Å². The molecule has 1 radical (unpaired) electrons. The van der Waals surface area contributed by atoms with Crippen LogP contribution in [0.4, 0.5) is 0 Å². The molecule has 0 heteroatoms. The van der Waals surface area contributed by atoms with Crippen LogP contribution in [-0.4, -0.2) is 0 Å². The number of allylic oxidation sites excluding steroid dienone is 3. The van der Waals surface area contributed by atoms with Gasteiger partial charge in [0.05, 0.1) is 0 Å². The monoisotopic (exact) mass is 123 g/mol. The predicted octanol–water partition coefficient (Wildman–Crippen LogP) is 3.12. The van der Waals surface area contributed by atoms with Gasteiger partial charge in [-0.3, -0.25) is 0 Å². The summed E-state index contributed by atoms with van der Waals surface area (Å²) in [7, 11) is 0. The fourth-order valence-electron chi connectivity index (χ4n) is 0.582. The zero-order valence-electron chi connectivity index (χ0n) is 6.19. The molecule has 0 fully saturated rings. The van der Waals surface area contributed by atoms with E-state index in [-0.39, 0.29) is 0 Å². The minimum Gasteiger partial charge on any atom is -0.0999 e. The van der Waals surface area contributed by atoms with E-state index in [0.29, 0.717) is 0 Å². The molecular weight excluding hydrogens is 108 g/mol. The Kier molecular flexibility index (Phi) is 5.29. The highest BCUT2D eigenvalue weighted by atomic mass is 13.9. The van der Waals surface area contributed by atoms with E-state index in [2.05, 4.69) is 26.5 Å². The molecule has 0 saturated heterocycles. The van der Waals surface area contributed by atoms with E-state index in [1.54, 1.807) is 0 Å². The first kappa shape index (κ1) is 8.48. The lowest BCUT2D eigenvalue weighted by Gasteiger charge is -1.95. The van der Waals surface area contributed by atoms with Crippen LogP contribution >= 0.6 is 0 Å². The largest absolute Gasteiger partial charge is 0.0999 e. The second kappa shape index (κ2) is 5.61. The topological polar surface area (TPSA) is 0 Å². The van der Waals surface area contributed by atoms with Gasteiger partial charge in [0.15, 0.2) is 0 Å². The summed E-state index contributed by atoms with van der Waals surface area (Å²) in [6.45, 7) is 9.62. The Morgan fingerprint density at radius 1 is 1.56 bits per heavy atom. The average molecular weight is 123 g/mol. The second-order valence-corrected chi connectivity index (χ2v) is 2.11. The zero-order chi connectivity index (χ0) is 7.11. The molecule has 0 atom stereocenters. The van der Waals surface area contributed by atoms with E-state index in [0.717, 1.165) is 19.3 Å². The van der Waals surface area contributed by atoms with Gasteiger partial charge in [-0.25, -0.2) is 0 Å². The molecule has 9 heavy (non-hydrogen) atoms. The summed E-state index contributed by atoms with van der Waals surface area (Å²) in [5, 5.41) is 0. The van der Waals surface area contributed by atoms with E-state index < -0.39 is 0 Å². The minimum atomic E-state index is 1.09. The van der Waals surface area contributed by atoms with Crippen LogP contribution in [0.15, 0.2) is 24.3 Å². The molecule has 0 nitrogen and oxygen atoms in total. The summed E-state index contributed by atoms with van der Waals surface area (Å²) in [6.07, 6.45) is 7.22. The van der Waals surface area contributed by atoms with Crippen molar-refractivity contribution in [2.24, 2.45) is 0 Å². The Balaban J connectivity index is 3.17. The van der Waals surface area contributed by atoms with Crippen LogP contribution in [0.3, 0.4) is 0 Å². The summed E-state index contributed by atoms with van der Waals surface area (Å²) >= 11 is 0. The normalized spacial score (nSPS) is 10.4. The molecule has 0 aromatic rings. The molecule has 0 bridgehead atoms. The molecule has 0 aliphatic heterocycles. The van der Waals surface area contributed by atoms with Gasteiger partial charge in [-0.1, -0.05) is 31.2 Å². The van der Waals surface area contributed by atoms with E-state index in [9.17, 15) is 0 Å². The Hall–Kier alpha value is -0.520. The van der Waals surface area contributed by atoms with Crippen molar-refractivity contribution in [3.8, 4) is 0 Å². The third kappa shape index (κ3) is 5.35. The van der Waals surface area contributed by atoms with Crippen molar-refractivity contribution in [3.63, 3.8) is 0 Å². The highest BCUT2D eigenvalue weighted by Crippen LogP contribution is 2.05. The van der Waals surface area contributed by atoms with Crippen LogP contribution in [0.2, 0.25) is 0 Å². The minimum absolute atomic E-state index is 1.09. The maximum absolute atomic E-state index is 3.89. The molecule has 0 aliphatic rings. The third-order valence-corrected chi connectivity index (χ3v) is 1.33. The molecule has 0 amide bonds. The average Bonchev–Trinajstić information content (AvgIpc) is 1.89. The van der Waals surface area contributed by atoms with E-state index >= 15 is 0 Å². The van der Waals surface area contributed by atoms with Gasteiger partial charge in [-0.05, 0) is 26.2 Å². The van der Waals surface area contributed by atoms with Crippen LogP contribution in [0.5, 0.6) is 0 Å². The zero-order valence-corrected chi connectivity index (χ0v) is 6.19. The van der Waals surface area contributed by atoms with Gasteiger partial charge >= 0.3 is 0 Å². The first-order chi connectivity index (χ1) is 4.31. The maximum Gasteiger partial charge on any atom is -0.0288 e. The number of rotatable bonds is 4. The molecule has 0 spiro atoms. The van der Waals surface area contributed by atoms with Crippen molar-refractivity contribution in [2.45, 2.75) is 26.2 Å². The Morgan fingerprint density at radius 2 is 2.22 bits per heavy atom. The molecule has 51 valence electrons. The number of hydrogen-bond donors (Lipinski definition) is 0. The SMILES string of the molecule is [CH2]/C=C/CCC(=C)CC. The lowest BCUT2D eigenvalue weighted by Crippen LogP contribution is -1.75. The summed E-state index contributed by atoms with van der Waals surface area (Å²) in [5.74, 6) is 0. The van der Waals surface area contributed by atoms with Crippen LogP contribution in [0.1, 0.15) is 26.2 Å². The summed E-state index contributed by atoms with van der Waals surface area (Å²) in [6, 6.07) is 0. The van der Waals surface area contributed by atoms with Crippen molar-refractivity contribution in [2.75, 3.05) is 0 Å². The fourth-order valence-corrected chi connectivity index (χ4v) is 0.582. The van der Waals surface area contributed by atoms with E-state index in [1.165, 1.54) is 5.57 Å². The smallest absolute Gasteiger partial charge is 0.0288 e. The third-order valence-electron chi connectivity index (χ3n) is 1.33. The lowest BCUT2D eigenvalue weighted by atomic mass is 10.1. The van der Waals surface area contributed by atoms with Gasteiger partial charge < -0.3 is 0 Å². The van der Waals surface area contributed by atoms with Crippen molar-refractivity contribution in [1.29, 1.82) is 0 Å². The molecule has 0 heterocycles. The van der Waals surface area contributed by atoms with Gasteiger partial charge in [0.1, 0.15) is 0 Å². The molecule has 0 rings (SSSR count). The van der Waals surface area contributed by atoms with Gasteiger partial charge in [-0.15, -0.1) is 0 Å². The molecular formula is C9H15. The highest BCUT2D eigenvalue weighted by Gasteiger charge is 1.85. The first-order valence-corrected chi connectivity index (χ1v) is 3.42. The van der Waals surface area contributed by atoms with Crippen molar-refractivity contribution < 1.29 is 0 Å². The van der Waals surface area contributed by atoms with Crippen LogP contribution in [0.25, 0.3) is 0 Å². The molecule has 0 saturated carbocycles. The maximum atomic E-state index is 3.89. The van der Waals surface area contributed by atoms with E-state index in [1.807, 2.05) is 6.08 Å². The van der Waals surface area contributed by atoms with Crippen molar-refractivity contribution in [3.05, 3.63) is 31.2 Å². The summed E-state index contributed by atoms with van der Waals surface area (Å²) in [4.78, 5) is 0. The molecule has 0 aliphatic carbocycles. The Bertz CT molecular complexity index is 98.6. The predicted molar refractivity (Wildman–Crippen MR) is 43.2 cm³/mol. The standard InChI is InChI=1S/C9H15/c1-4-6-7-8-9(3)5-2/h4,6H,1,3,5,7-8H2,2H3/b6-4+. The van der Waals surface area contributed by atoms with Crippen molar-refractivity contribution in [1.82, 2.24) is 0 Å². The van der Waals surface area contributed by atoms with Crippen LogP contribution in [0, 0.1) is 6.92 Å². The molecule has 0 aromatic carbocycles. The molecule has 0 unspecified atom stereocenters. The quantitative estimate of drug-likeness (QED) is 0.504.